The molecule has 1 aliphatic rings. The number of likely N-dealkylation sites (tertiary alicyclic amines) is 1. The molecule has 0 radical (unpaired) electrons. The minimum Gasteiger partial charge on any atom is -0.355 e. The average Bonchev–Trinajstić information content (AvgIpc) is 3.11. The molecule has 1 aliphatic heterocycles. The third-order valence-corrected chi connectivity index (χ3v) is 7.21. The molecule has 1 amide bonds. The van der Waals surface area contributed by atoms with E-state index >= 15 is 0 Å². The first kappa shape index (κ1) is 18.6. The molecule has 0 N–H and O–H groups in total. The first-order valence-electron chi connectivity index (χ1n) is 8.90. The summed E-state index contributed by atoms with van der Waals surface area (Å²) >= 11 is 0. The molecule has 1 saturated heterocycles. The number of benzene rings is 1. The number of nitrogens with zero attached hydrogens (tertiary/aromatic N) is 2. The zero-order valence-electron chi connectivity index (χ0n) is 15.1. The number of piperidine rings is 1. The van der Waals surface area contributed by atoms with Gasteiger partial charge in [0.1, 0.15) is 0 Å². The summed E-state index contributed by atoms with van der Waals surface area (Å²) in [5.41, 5.74) is 1.12. The topological polar surface area (TPSA) is 80.5 Å². The number of carbonyl (C=O) groups excluding carboxylic acids is 1. The van der Waals surface area contributed by atoms with Crippen LogP contribution in [0.15, 0.2) is 40.9 Å². The lowest BCUT2D eigenvalue weighted by molar-refractivity contribution is 0.0715. The average molecular weight is 376 g/mol. The van der Waals surface area contributed by atoms with Gasteiger partial charge in [-0.05, 0) is 18.8 Å². The third kappa shape index (κ3) is 4.15. The van der Waals surface area contributed by atoms with Crippen molar-refractivity contribution in [1.29, 1.82) is 0 Å². The van der Waals surface area contributed by atoms with Gasteiger partial charge in [0.15, 0.2) is 21.3 Å². The Bertz CT molecular complexity index is 851. The second-order valence-corrected chi connectivity index (χ2v) is 9.48. The molecule has 0 saturated carbocycles. The maximum atomic E-state index is 12.6. The van der Waals surface area contributed by atoms with Crippen molar-refractivity contribution in [3.63, 3.8) is 0 Å². The lowest BCUT2D eigenvalue weighted by atomic mass is 10.1. The van der Waals surface area contributed by atoms with Gasteiger partial charge in [-0.2, -0.15) is 0 Å². The largest absolute Gasteiger partial charge is 0.355 e. The number of amides is 1. The molecule has 0 spiro atoms. The van der Waals surface area contributed by atoms with Crippen LogP contribution in [0.25, 0.3) is 11.3 Å². The standard InChI is InChI=1S/C19H24N2O4S/c1-14(2)13-26(23,24)16-8-10-21(11-9-16)19(22)17-12-18(25-20-17)15-6-4-3-5-7-15/h3-7,12,14,16H,8-11,13H2,1-2H3. The Morgan fingerprint density at radius 1 is 1.23 bits per heavy atom. The molecule has 26 heavy (non-hydrogen) atoms. The second kappa shape index (κ2) is 7.61. The van der Waals surface area contributed by atoms with E-state index in [2.05, 4.69) is 5.16 Å². The molecule has 3 rings (SSSR count). The van der Waals surface area contributed by atoms with Gasteiger partial charge in [0.05, 0.1) is 11.0 Å². The summed E-state index contributed by atoms with van der Waals surface area (Å²) in [4.78, 5) is 14.3. The van der Waals surface area contributed by atoms with Crippen LogP contribution >= 0.6 is 0 Å². The minimum absolute atomic E-state index is 0.117. The monoisotopic (exact) mass is 376 g/mol. The second-order valence-electron chi connectivity index (χ2n) is 7.16. The zero-order chi connectivity index (χ0) is 18.7. The summed E-state index contributed by atoms with van der Waals surface area (Å²) in [5, 5.41) is 3.53. The first-order chi connectivity index (χ1) is 12.4. The van der Waals surface area contributed by atoms with Crippen LogP contribution in [-0.2, 0) is 9.84 Å². The Morgan fingerprint density at radius 2 is 1.88 bits per heavy atom. The molecule has 0 atom stereocenters. The molecule has 7 heteroatoms. The quantitative estimate of drug-likeness (QED) is 0.801. The van der Waals surface area contributed by atoms with Crippen LogP contribution in [0.5, 0.6) is 0 Å². The van der Waals surface area contributed by atoms with Crippen molar-refractivity contribution in [2.75, 3.05) is 18.8 Å². The molecular formula is C19H24N2O4S. The highest BCUT2D eigenvalue weighted by atomic mass is 32.2. The summed E-state index contributed by atoms with van der Waals surface area (Å²) in [6, 6.07) is 11.1. The van der Waals surface area contributed by atoms with Gasteiger partial charge >= 0.3 is 0 Å². The van der Waals surface area contributed by atoms with Crippen molar-refractivity contribution >= 4 is 15.7 Å². The van der Waals surface area contributed by atoms with Crippen LogP contribution < -0.4 is 0 Å². The van der Waals surface area contributed by atoms with Gasteiger partial charge in [-0.25, -0.2) is 8.42 Å². The fraction of sp³-hybridized carbons (Fsp3) is 0.474. The van der Waals surface area contributed by atoms with E-state index in [-0.39, 0.29) is 28.5 Å². The van der Waals surface area contributed by atoms with Crippen molar-refractivity contribution in [1.82, 2.24) is 10.1 Å². The van der Waals surface area contributed by atoms with Crippen molar-refractivity contribution in [3.8, 4) is 11.3 Å². The summed E-state index contributed by atoms with van der Waals surface area (Å²) in [6.45, 7) is 4.67. The Labute approximate surface area is 154 Å². The lowest BCUT2D eigenvalue weighted by Gasteiger charge is -2.31. The lowest BCUT2D eigenvalue weighted by Crippen LogP contribution is -2.43. The van der Waals surface area contributed by atoms with E-state index in [4.69, 9.17) is 4.52 Å². The Kier molecular flexibility index (Phi) is 5.46. The van der Waals surface area contributed by atoms with Gasteiger partial charge in [0.25, 0.3) is 5.91 Å². The Hall–Kier alpha value is -2.15. The van der Waals surface area contributed by atoms with Crippen LogP contribution in [0.2, 0.25) is 0 Å². The van der Waals surface area contributed by atoms with Gasteiger partial charge in [0.2, 0.25) is 0 Å². The first-order valence-corrected chi connectivity index (χ1v) is 10.6. The van der Waals surface area contributed by atoms with Crippen LogP contribution in [0.1, 0.15) is 37.2 Å². The molecular weight excluding hydrogens is 352 g/mol. The number of hydrogen-bond donors (Lipinski definition) is 0. The smallest absolute Gasteiger partial charge is 0.276 e. The van der Waals surface area contributed by atoms with Crippen LogP contribution in [0.4, 0.5) is 0 Å². The van der Waals surface area contributed by atoms with Crippen molar-refractivity contribution in [2.24, 2.45) is 5.92 Å². The van der Waals surface area contributed by atoms with E-state index in [0.29, 0.717) is 31.7 Å². The number of aromatic nitrogens is 1. The summed E-state index contributed by atoms with van der Waals surface area (Å²) in [5.74, 6) is 0.653. The molecule has 0 aliphatic carbocycles. The number of rotatable bonds is 5. The molecule has 2 aromatic rings. The number of sulfone groups is 1. The van der Waals surface area contributed by atoms with Gasteiger partial charge in [0, 0.05) is 24.7 Å². The van der Waals surface area contributed by atoms with Gasteiger partial charge in [-0.1, -0.05) is 49.3 Å². The van der Waals surface area contributed by atoms with E-state index in [1.807, 2.05) is 44.2 Å². The van der Waals surface area contributed by atoms with E-state index < -0.39 is 9.84 Å². The predicted octanol–water partition coefficient (Wildman–Crippen LogP) is 3.02. The highest BCUT2D eigenvalue weighted by Crippen LogP contribution is 2.24. The van der Waals surface area contributed by atoms with Crippen LogP contribution in [0.3, 0.4) is 0 Å². The summed E-state index contributed by atoms with van der Waals surface area (Å²) < 4.78 is 30.0. The summed E-state index contributed by atoms with van der Waals surface area (Å²) in [7, 11) is -3.10. The van der Waals surface area contributed by atoms with Gasteiger partial charge in [-0.15, -0.1) is 0 Å². The SMILES string of the molecule is CC(C)CS(=O)(=O)C1CCN(C(=O)c2cc(-c3ccccc3)on2)CC1. The molecule has 1 aromatic heterocycles. The van der Waals surface area contributed by atoms with Crippen molar-refractivity contribution in [2.45, 2.75) is 31.9 Å². The molecule has 2 heterocycles. The van der Waals surface area contributed by atoms with Crippen LogP contribution in [-0.4, -0.2) is 48.5 Å². The minimum atomic E-state index is -3.10. The third-order valence-electron chi connectivity index (χ3n) is 4.59. The normalized spacial score (nSPS) is 16.2. The van der Waals surface area contributed by atoms with Gasteiger partial charge in [-0.3, -0.25) is 4.79 Å². The summed E-state index contributed by atoms with van der Waals surface area (Å²) in [6.07, 6.45) is 0.953. The highest BCUT2D eigenvalue weighted by molar-refractivity contribution is 7.92. The van der Waals surface area contributed by atoms with Gasteiger partial charge < -0.3 is 9.42 Å². The number of hydrogen-bond acceptors (Lipinski definition) is 5. The van der Waals surface area contributed by atoms with E-state index in [1.54, 1.807) is 11.0 Å². The highest BCUT2D eigenvalue weighted by Gasteiger charge is 2.32. The molecule has 6 nitrogen and oxygen atoms in total. The Morgan fingerprint density at radius 3 is 2.50 bits per heavy atom. The maximum absolute atomic E-state index is 12.6. The molecule has 0 unspecified atom stereocenters. The van der Waals surface area contributed by atoms with E-state index in [0.717, 1.165) is 5.56 Å². The predicted molar refractivity (Wildman–Crippen MR) is 99.5 cm³/mol. The fourth-order valence-electron chi connectivity index (χ4n) is 3.30. The molecule has 1 fully saturated rings. The Balaban J connectivity index is 1.63. The fourth-order valence-corrected chi connectivity index (χ4v) is 5.43. The molecule has 140 valence electrons. The number of carbonyl (C=O) groups is 1. The van der Waals surface area contributed by atoms with E-state index in [9.17, 15) is 13.2 Å². The molecule has 1 aromatic carbocycles. The van der Waals surface area contributed by atoms with Crippen LogP contribution in [0, 0.1) is 5.92 Å². The molecule has 0 bridgehead atoms. The maximum Gasteiger partial charge on any atom is 0.276 e. The van der Waals surface area contributed by atoms with E-state index in [1.165, 1.54) is 0 Å². The zero-order valence-corrected chi connectivity index (χ0v) is 15.9. The van der Waals surface area contributed by atoms with Crippen molar-refractivity contribution in [3.05, 3.63) is 42.1 Å². The van der Waals surface area contributed by atoms with Crippen molar-refractivity contribution < 1.29 is 17.7 Å².